The van der Waals surface area contributed by atoms with Crippen molar-refractivity contribution in [3.63, 3.8) is 0 Å². The van der Waals surface area contributed by atoms with Crippen molar-refractivity contribution in [1.82, 2.24) is 4.90 Å². The van der Waals surface area contributed by atoms with Crippen LogP contribution in [0.4, 0.5) is 9.59 Å². The summed E-state index contributed by atoms with van der Waals surface area (Å²) in [6.07, 6.45) is -2.07. The van der Waals surface area contributed by atoms with Crippen LogP contribution in [0.5, 0.6) is 11.5 Å². The standard InChI is InChI=1S/C27H33N3O8/c1-5-35-19-11-9-17(10-12-19)16-36-25(33)29-23(28)18-7-6-8-20(13-18)37-21-14-22(24(31)32)30(15-21)26(34)38-27(2,3)4/h6-13,21-22H,5,14-16H2,1-4H3,(H,31,32)(H2,28,29,33)/t21-,22+/m0/s1. The highest BCUT2D eigenvalue weighted by atomic mass is 16.6. The van der Waals surface area contributed by atoms with Gasteiger partial charge in [0.05, 0.1) is 13.2 Å². The third-order valence-corrected chi connectivity index (χ3v) is 5.42. The quantitative estimate of drug-likeness (QED) is 0.384. The Balaban J connectivity index is 1.61. The summed E-state index contributed by atoms with van der Waals surface area (Å²) in [5, 5.41) is 9.58. The Morgan fingerprint density at radius 2 is 1.82 bits per heavy atom. The molecule has 1 heterocycles. The molecule has 2 aromatic rings. The van der Waals surface area contributed by atoms with Crippen molar-refractivity contribution in [2.75, 3.05) is 13.2 Å². The topological polar surface area (TPSA) is 150 Å². The summed E-state index contributed by atoms with van der Waals surface area (Å²) >= 11 is 0. The van der Waals surface area contributed by atoms with E-state index in [2.05, 4.69) is 4.99 Å². The van der Waals surface area contributed by atoms with Gasteiger partial charge in [-0.15, -0.1) is 0 Å². The number of carbonyl (C=O) groups excluding carboxylic acids is 2. The van der Waals surface area contributed by atoms with Crippen LogP contribution in [0.3, 0.4) is 0 Å². The van der Waals surface area contributed by atoms with Crippen LogP contribution in [0.2, 0.25) is 0 Å². The lowest BCUT2D eigenvalue weighted by molar-refractivity contribution is -0.142. The molecule has 2 amide bonds. The van der Waals surface area contributed by atoms with E-state index in [4.69, 9.17) is 24.7 Å². The first-order valence-electron chi connectivity index (χ1n) is 12.2. The monoisotopic (exact) mass is 527 g/mol. The highest BCUT2D eigenvalue weighted by Crippen LogP contribution is 2.26. The number of aliphatic carboxylic acids is 1. The number of nitrogens with zero attached hydrogens (tertiary/aromatic N) is 2. The van der Waals surface area contributed by atoms with Gasteiger partial charge in [0.1, 0.15) is 41.7 Å². The summed E-state index contributed by atoms with van der Waals surface area (Å²) < 4.78 is 21.8. The van der Waals surface area contributed by atoms with E-state index in [1.54, 1.807) is 69.3 Å². The number of amides is 2. The van der Waals surface area contributed by atoms with Crippen LogP contribution in [0.15, 0.2) is 53.5 Å². The first kappa shape index (κ1) is 28.3. The van der Waals surface area contributed by atoms with Crippen LogP contribution in [0.1, 0.15) is 45.2 Å². The summed E-state index contributed by atoms with van der Waals surface area (Å²) in [4.78, 5) is 41.4. The second-order valence-electron chi connectivity index (χ2n) is 9.62. The molecule has 1 fully saturated rings. The van der Waals surface area contributed by atoms with Crippen molar-refractivity contribution in [1.29, 1.82) is 0 Å². The highest BCUT2D eigenvalue weighted by molar-refractivity contribution is 6.03. The zero-order chi connectivity index (χ0) is 27.9. The van der Waals surface area contributed by atoms with E-state index in [1.807, 2.05) is 6.92 Å². The molecule has 0 radical (unpaired) electrons. The van der Waals surface area contributed by atoms with Crippen molar-refractivity contribution in [2.45, 2.75) is 58.5 Å². The molecule has 0 aliphatic carbocycles. The lowest BCUT2D eigenvalue weighted by atomic mass is 10.2. The fourth-order valence-electron chi connectivity index (χ4n) is 3.75. The Bertz CT molecular complexity index is 1170. The van der Waals surface area contributed by atoms with Crippen LogP contribution in [-0.4, -0.2) is 64.9 Å². The van der Waals surface area contributed by atoms with Gasteiger partial charge in [0, 0.05) is 12.0 Å². The van der Waals surface area contributed by atoms with E-state index in [-0.39, 0.29) is 25.4 Å². The summed E-state index contributed by atoms with van der Waals surface area (Å²) in [5.74, 6) is -0.114. The molecule has 0 spiro atoms. The van der Waals surface area contributed by atoms with Crippen LogP contribution in [0.25, 0.3) is 0 Å². The van der Waals surface area contributed by atoms with Gasteiger partial charge in [-0.1, -0.05) is 24.3 Å². The minimum Gasteiger partial charge on any atom is -0.494 e. The Hall–Kier alpha value is -4.28. The maximum absolute atomic E-state index is 12.5. The molecular formula is C27H33N3O8. The fraction of sp³-hybridized carbons (Fsp3) is 0.407. The van der Waals surface area contributed by atoms with Crippen molar-refractivity contribution in [3.8, 4) is 11.5 Å². The molecule has 1 aliphatic rings. The molecule has 0 saturated carbocycles. The van der Waals surface area contributed by atoms with E-state index < -0.39 is 35.9 Å². The molecule has 2 atom stereocenters. The molecule has 0 aromatic heterocycles. The van der Waals surface area contributed by atoms with Gasteiger partial charge in [0.2, 0.25) is 0 Å². The molecule has 204 valence electrons. The maximum atomic E-state index is 12.5. The normalized spacial score (nSPS) is 17.6. The second-order valence-corrected chi connectivity index (χ2v) is 9.62. The van der Waals surface area contributed by atoms with Crippen LogP contribution in [-0.2, 0) is 20.9 Å². The molecular weight excluding hydrogens is 494 g/mol. The van der Waals surface area contributed by atoms with Gasteiger partial charge in [-0.2, -0.15) is 4.99 Å². The smallest absolute Gasteiger partial charge is 0.435 e. The van der Waals surface area contributed by atoms with Gasteiger partial charge >= 0.3 is 18.2 Å². The molecule has 3 rings (SSSR count). The zero-order valence-corrected chi connectivity index (χ0v) is 21.9. The van der Waals surface area contributed by atoms with Gasteiger partial charge in [0.15, 0.2) is 0 Å². The van der Waals surface area contributed by atoms with Crippen molar-refractivity contribution >= 4 is 24.0 Å². The van der Waals surface area contributed by atoms with E-state index in [9.17, 15) is 19.5 Å². The van der Waals surface area contributed by atoms with Gasteiger partial charge < -0.3 is 29.8 Å². The average Bonchev–Trinajstić information content (AvgIpc) is 3.27. The molecule has 1 aliphatic heterocycles. The second kappa shape index (κ2) is 12.3. The van der Waals surface area contributed by atoms with Gasteiger partial charge in [-0.3, -0.25) is 4.90 Å². The van der Waals surface area contributed by atoms with Crippen LogP contribution < -0.4 is 15.2 Å². The third-order valence-electron chi connectivity index (χ3n) is 5.42. The first-order valence-corrected chi connectivity index (χ1v) is 12.2. The number of ether oxygens (including phenoxy) is 4. The Kier molecular flexibility index (Phi) is 9.16. The Morgan fingerprint density at radius 3 is 2.45 bits per heavy atom. The number of aliphatic imine (C=N–C) groups is 1. The number of benzene rings is 2. The van der Waals surface area contributed by atoms with Gasteiger partial charge in [-0.25, -0.2) is 14.4 Å². The van der Waals surface area contributed by atoms with E-state index in [1.165, 1.54) is 0 Å². The third kappa shape index (κ3) is 8.12. The largest absolute Gasteiger partial charge is 0.494 e. The van der Waals surface area contributed by atoms with Crippen LogP contribution >= 0.6 is 0 Å². The first-order chi connectivity index (χ1) is 17.9. The Morgan fingerprint density at radius 1 is 1.11 bits per heavy atom. The number of hydrogen-bond donors (Lipinski definition) is 2. The van der Waals surface area contributed by atoms with Crippen LogP contribution in [0, 0.1) is 0 Å². The number of carboxylic acids is 1. The maximum Gasteiger partial charge on any atom is 0.435 e. The number of amidine groups is 1. The van der Waals surface area contributed by atoms with Gasteiger partial charge in [-0.05, 0) is 57.5 Å². The number of hydrogen-bond acceptors (Lipinski definition) is 7. The summed E-state index contributed by atoms with van der Waals surface area (Å²) in [7, 11) is 0. The predicted molar refractivity (Wildman–Crippen MR) is 138 cm³/mol. The molecule has 11 heteroatoms. The molecule has 0 bridgehead atoms. The fourth-order valence-corrected chi connectivity index (χ4v) is 3.75. The molecule has 2 aromatic carbocycles. The number of likely N-dealkylation sites (tertiary alicyclic amines) is 1. The van der Waals surface area contributed by atoms with Crippen molar-refractivity contribution in [3.05, 3.63) is 59.7 Å². The molecule has 11 nitrogen and oxygen atoms in total. The summed E-state index contributed by atoms with van der Waals surface area (Å²) in [5.41, 5.74) is 6.42. The molecule has 1 saturated heterocycles. The molecule has 38 heavy (non-hydrogen) atoms. The number of carboxylic acid groups (broad SMARTS) is 1. The number of rotatable bonds is 8. The Labute approximate surface area is 221 Å². The van der Waals surface area contributed by atoms with Gasteiger partial charge in [0.25, 0.3) is 0 Å². The number of nitrogens with two attached hydrogens (primary N) is 1. The van der Waals surface area contributed by atoms with E-state index in [0.717, 1.165) is 16.2 Å². The lowest BCUT2D eigenvalue weighted by Gasteiger charge is -2.26. The average molecular weight is 528 g/mol. The van der Waals surface area contributed by atoms with E-state index >= 15 is 0 Å². The summed E-state index contributed by atoms with van der Waals surface area (Å²) in [6.45, 7) is 7.63. The SMILES string of the molecule is CCOc1ccc(COC(=O)/N=C(\N)c2cccc(O[C@H]3C[C@H](C(=O)O)N(C(=O)OC(C)(C)C)C3)c2)cc1. The van der Waals surface area contributed by atoms with E-state index in [0.29, 0.717) is 17.9 Å². The minimum atomic E-state index is -1.14. The molecule has 0 unspecified atom stereocenters. The molecule has 3 N–H and O–H groups in total. The van der Waals surface area contributed by atoms with Crippen molar-refractivity contribution in [2.24, 2.45) is 10.7 Å². The zero-order valence-electron chi connectivity index (χ0n) is 21.9. The summed E-state index contributed by atoms with van der Waals surface area (Å²) in [6, 6.07) is 12.6. The lowest BCUT2D eigenvalue weighted by Crippen LogP contribution is -2.43. The predicted octanol–water partition coefficient (Wildman–Crippen LogP) is 3.97. The highest BCUT2D eigenvalue weighted by Gasteiger charge is 2.42. The minimum absolute atomic E-state index is 0.0196. The number of carbonyl (C=O) groups is 3. The van der Waals surface area contributed by atoms with Crippen molar-refractivity contribution < 1.29 is 38.4 Å².